The number of anilines is 1. The summed E-state index contributed by atoms with van der Waals surface area (Å²) in [5.74, 6) is -2.78. The predicted molar refractivity (Wildman–Crippen MR) is 67.2 cm³/mol. The first-order valence-electron chi connectivity index (χ1n) is 5.70. The van der Waals surface area contributed by atoms with Gasteiger partial charge in [-0.2, -0.15) is 0 Å². The van der Waals surface area contributed by atoms with Gasteiger partial charge in [0.15, 0.2) is 5.78 Å². The normalized spacial score (nSPS) is 13.8. The Morgan fingerprint density at radius 2 is 1.89 bits per heavy atom. The van der Waals surface area contributed by atoms with Crippen molar-refractivity contribution >= 4 is 34.0 Å². The van der Waals surface area contributed by atoms with Gasteiger partial charge in [-0.3, -0.25) is 9.59 Å². The molecule has 0 aliphatic heterocycles. The number of carbonyl (C=O) groups excluding carboxylic acids is 2. The van der Waals surface area contributed by atoms with E-state index in [9.17, 15) is 14.4 Å². The van der Waals surface area contributed by atoms with Gasteiger partial charge in [-0.1, -0.05) is 0 Å². The van der Waals surface area contributed by atoms with Gasteiger partial charge in [0.05, 0.1) is 5.56 Å². The fraction of sp³-hybridized carbons (Fsp3) is 0.417. The summed E-state index contributed by atoms with van der Waals surface area (Å²) in [4.78, 5) is 34.5. The highest BCUT2D eigenvalue weighted by Crippen LogP contribution is 2.38. The van der Waals surface area contributed by atoms with Crippen LogP contribution in [-0.2, 0) is 22.4 Å². The Kier molecular flexibility index (Phi) is 3.47. The number of carbonyl (C=O) groups is 3. The van der Waals surface area contributed by atoms with E-state index in [0.29, 0.717) is 10.6 Å². The molecule has 6 heteroatoms. The van der Waals surface area contributed by atoms with E-state index in [1.165, 1.54) is 18.3 Å². The molecule has 1 aliphatic rings. The molecule has 1 aromatic heterocycles. The summed E-state index contributed by atoms with van der Waals surface area (Å²) in [5.41, 5.74) is 1.48. The lowest BCUT2D eigenvalue weighted by atomic mass is 9.94. The number of amides is 1. The molecule has 2 rings (SSSR count). The minimum absolute atomic E-state index is 0.130. The Bertz CT molecular complexity index is 532. The zero-order valence-corrected chi connectivity index (χ0v) is 10.7. The first kappa shape index (κ1) is 12.8. The molecular weight excluding hydrogens is 254 g/mol. The molecule has 96 valence electrons. The average molecular weight is 267 g/mol. The van der Waals surface area contributed by atoms with Crippen LogP contribution in [-0.4, -0.2) is 22.8 Å². The van der Waals surface area contributed by atoms with E-state index in [-0.39, 0.29) is 5.78 Å². The van der Waals surface area contributed by atoms with Crippen molar-refractivity contribution in [1.82, 2.24) is 0 Å². The number of carboxylic acids is 1. The second-order valence-electron chi connectivity index (χ2n) is 4.23. The SMILES string of the molecule is CC(=O)c1c(NC(=O)C(=O)O)sc2c1CCCC2. The minimum Gasteiger partial charge on any atom is -0.474 e. The van der Waals surface area contributed by atoms with E-state index in [0.717, 1.165) is 36.1 Å². The van der Waals surface area contributed by atoms with Gasteiger partial charge < -0.3 is 10.4 Å². The first-order chi connectivity index (χ1) is 8.50. The topological polar surface area (TPSA) is 83.5 Å². The molecule has 2 N–H and O–H groups in total. The number of ketones is 1. The Morgan fingerprint density at radius 1 is 1.22 bits per heavy atom. The molecule has 0 spiro atoms. The number of rotatable bonds is 2. The van der Waals surface area contributed by atoms with E-state index in [2.05, 4.69) is 5.32 Å². The van der Waals surface area contributed by atoms with Crippen molar-refractivity contribution in [2.45, 2.75) is 32.6 Å². The maximum Gasteiger partial charge on any atom is 0.394 e. The van der Waals surface area contributed by atoms with Crippen molar-refractivity contribution in [1.29, 1.82) is 0 Å². The van der Waals surface area contributed by atoms with Crippen LogP contribution in [0.3, 0.4) is 0 Å². The van der Waals surface area contributed by atoms with Gasteiger partial charge in [-0.15, -0.1) is 11.3 Å². The fourth-order valence-electron chi connectivity index (χ4n) is 2.18. The van der Waals surface area contributed by atoms with Crippen LogP contribution in [0, 0.1) is 0 Å². The number of hydrogen-bond acceptors (Lipinski definition) is 4. The second-order valence-corrected chi connectivity index (χ2v) is 5.34. The van der Waals surface area contributed by atoms with Gasteiger partial charge in [0.1, 0.15) is 5.00 Å². The summed E-state index contributed by atoms with van der Waals surface area (Å²) in [6.07, 6.45) is 3.81. The molecule has 1 aromatic rings. The number of carboxylic acid groups (broad SMARTS) is 1. The molecule has 0 aromatic carbocycles. The van der Waals surface area contributed by atoms with Crippen LogP contribution in [0.15, 0.2) is 0 Å². The number of hydrogen-bond donors (Lipinski definition) is 2. The van der Waals surface area contributed by atoms with Crippen molar-refractivity contribution in [3.05, 3.63) is 16.0 Å². The number of Topliss-reactive ketones (excluding diaryl/α,β-unsaturated/α-hetero) is 1. The molecule has 0 fully saturated rings. The van der Waals surface area contributed by atoms with E-state index in [1.54, 1.807) is 0 Å². The van der Waals surface area contributed by atoms with Crippen LogP contribution < -0.4 is 5.32 Å². The summed E-state index contributed by atoms with van der Waals surface area (Å²) >= 11 is 1.32. The molecule has 1 heterocycles. The van der Waals surface area contributed by atoms with Gasteiger partial charge in [0.2, 0.25) is 0 Å². The quantitative estimate of drug-likeness (QED) is 0.632. The summed E-state index contributed by atoms with van der Waals surface area (Å²) in [7, 11) is 0. The van der Waals surface area contributed by atoms with E-state index >= 15 is 0 Å². The fourth-order valence-corrected chi connectivity index (χ4v) is 3.52. The maximum absolute atomic E-state index is 11.7. The highest BCUT2D eigenvalue weighted by atomic mass is 32.1. The van der Waals surface area contributed by atoms with Crippen LogP contribution in [0.1, 0.15) is 40.6 Å². The Balaban J connectivity index is 2.40. The van der Waals surface area contributed by atoms with Crippen molar-refractivity contribution in [2.75, 3.05) is 5.32 Å². The highest BCUT2D eigenvalue weighted by molar-refractivity contribution is 7.17. The number of aryl methyl sites for hydroxylation is 1. The van der Waals surface area contributed by atoms with Crippen LogP contribution >= 0.6 is 11.3 Å². The van der Waals surface area contributed by atoms with Crippen molar-refractivity contribution < 1.29 is 19.5 Å². The van der Waals surface area contributed by atoms with Gasteiger partial charge in [-0.25, -0.2) is 4.79 Å². The maximum atomic E-state index is 11.7. The Hall–Kier alpha value is -1.69. The molecule has 1 aliphatic carbocycles. The summed E-state index contributed by atoms with van der Waals surface area (Å²) in [6.45, 7) is 1.44. The van der Waals surface area contributed by atoms with Gasteiger partial charge in [-0.05, 0) is 38.2 Å². The molecule has 0 saturated carbocycles. The number of thiophene rings is 1. The van der Waals surface area contributed by atoms with Crippen LogP contribution in [0.4, 0.5) is 5.00 Å². The van der Waals surface area contributed by atoms with Crippen molar-refractivity contribution in [3.63, 3.8) is 0 Å². The van der Waals surface area contributed by atoms with E-state index in [4.69, 9.17) is 5.11 Å². The molecule has 0 unspecified atom stereocenters. The minimum atomic E-state index is -1.55. The van der Waals surface area contributed by atoms with Crippen LogP contribution in [0.5, 0.6) is 0 Å². The number of fused-ring (bicyclic) bond motifs is 1. The monoisotopic (exact) mass is 267 g/mol. The highest BCUT2D eigenvalue weighted by Gasteiger charge is 2.25. The smallest absolute Gasteiger partial charge is 0.394 e. The van der Waals surface area contributed by atoms with E-state index in [1.807, 2.05) is 0 Å². The zero-order valence-electron chi connectivity index (χ0n) is 9.91. The molecule has 5 nitrogen and oxygen atoms in total. The molecular formula is C12H13NO4S. The van der Waals surface area contributed by atoms with Gasteiger partial charge in [0, 0.05) is 4.88 Å². The molecule has 0 bridgehead atoms. The second kappa shape index (κ2) is 4.89. The lowest BCUT2D eigenvalue weighted by molar-refractivity contribution is -0.147. The van der Waals surface area contributed by atoms with Crippen molar-refractivity contribution in [2.24, 2.45) is 0 Å². The molecule has 18 heavy (non-hydrogen) atoms. The third kappa shape index (κ3) is 2.28. The third-order valence-electron chi connectivity index (χ3n) is 2.94. The number of aliphatic carboxylic acids is 1. The largest absolute Gasteiger partial charge is 0.474 e. The lowest BCUT2D eigenvalue weighted by Crippen LogP contribution is -2.22. The lowest BCUT2D eigenvalue weighted by Gasteiger charge is -2.11. The Labute approximate surface area is 108 Å². The zero-order chi connectivity index (χ0) is 13.3. The molecule has 0 atom stereocenters. The summed E-state index contributed by atoms with van der Waals surface area (Å²) in [5, 5.41) is 11.3. The average Bonchev–Trinajstić information content (AvgIpc) is 2.66. The first-order valence-corrected chi connectivity index (χ1v) is 6.52. The third-order valence-corrected chi connectivity index (χ3v) is 4.15. The van der Waals surface area contributed by atoms with Crippen LogP contribution in [0.2, 0.25) is 0 Å². The standard InChI is InChI=1S/C12H13NO4S/c1-6(14)9-7-4-2-3-5-8(7)18-11(9)13-10(15)12(16)17/h2-5H2,1H3,(H,13,15)(H,16,17). The predicted octanol–water partition coefficient (Wildman–Crippen LogP) is 1.85. The summed E-state index contributed by atoms with van der Waals surface area (Å²) < 4.78 is 0. The van der Waals surface area contributed by atoms with Gasteiger partial charge in [0.25, 0.3) is 0 Å². The van der Waals surface area contributed by atoms with Crippen LogP contribution in [0.25, 0.3) is 0 Å². The number of nitrogens with one attached hydrogen (secondary N) is 1. The summed E-state index contributed by atoms with van der Waals surface area (Å²) in [6, 6.07) is 0. The van der Waals surface area contributed by atoms with E-state index < -0.39 is 11.9 Å². The molecule has 1 amide bonds. The van der Waals surface area contributed by atoms with Crippen molar-refractivity contribution in [3.8, 4) is 0 Å². The van der Waals surface area contributed by atoms with Gasteiger partial charge >= 0.3 is 11.9 Å². The molecule has 0 radical (unpaired) electrons. The Morgan fingerprint density at radius 3 is 2.50 bits per heavy atom. The molecule has 0 saturated heterocycles.